The number of rotatable bonds is 6. The van der Waals surface area contributed by atoms with E-state index in [1.807, 2.05) is 6.20 Å². The summed E-state index contributed by atoms with van der Waals surface area (Å²) in [5, 5.41) is 12.7. The Morgan fingerprint density at radius 1 is 1.41 bits per heavy atom. The highest BCUT2D eigenvalue weighted by Gasteiger charge is 2.34. The summed E-state index contributed by atoms with van der Waals surface area (Å²) in [6.07, 6.45) is 6.01. The topological polar surface area (TPSA) is 77.0 Å². The van der Waals surface area contributed by atoms with Crippen molar-refractivity contribution in [2.24, 2.45) is 5.92 Å². The molecule has 1 aliphatic rings. The molecule has 22 heavy (non-hydrogen) atoms. The summed E-state index contributed by atoms with van der Waals surface area (Å²) in [7, 11) is 0. The molecule has 1 saturated carbocycles. The lowest BCUT2D eigenvalue weighted by Crippen LogP contribution is -2.22. The van der Waals surface area contributed by atoms with Gasteiger partial charge in [0.15, 0.2) is 5.76 Å². The molecule has 1 fully saturated rings. The van der Waals surface area contributed by atoms with Crippen LogP contribution in [0.5, 0.6) is 0 Å². The lowest BCUT2D eigenvalue weighted by molar-refractivity contribution is 0.414. The Kier molecular flexibility index (Phi) is 3.51. The average Bonchev–Trinajstić information content (AvgIpc) is 2.96. The maximum absolute atomic E-state index is 5.62. The molecule has 4 rings (SSSR count). The molecular formula is C15H16N4O2S. The van der Waals surface area contributed by atoms with E-state index < -0.39 is 0 Å². The predicted octanol–water partition coefficient (Wildman–Crippen LogP) is 3.34. The molecule has 0 aliphatic heterocycles. The van der Waals surface area contributed by atoms with Crippen LogP contribution in [0.15, 0.2) is 33.4 Å². The maximum atomic E-state index is 5.62. The van der Waals surface area contributed by atoms with E-state index >= 15 is 0 Å². The van der Waals surface area contributed by atoms with Crippen molar-refractivity contribution in [3.8, 4) is 11.7 Å². The second kappa shape index (κ2) is 5.66. The van der Waals surface area contributed by atoms with E-state index in [2.05, 4.69) is 27.4 Å². The number of furan rings is 1. The fraction of sp³-hybridized carbons (Fsp3) is 0.400. The van der Waals surface area contributed by atoms with Gasteiger partial charge in [0.05, 0.1) is 18.8 Å². The first kappa shape index (κ1) is 13.7. The van der Waals surface area contributed by atoms with Crippen molar-refractivity contribution in [2.75, 3.05) is 0 Å². The Morgan fingerprint density at radius 3 is 3.00 bits per heavy atom. The number of nitrogens with one attached hydrogen (secondary N) is 1. The maximum Gasteiger partial charge on any atom is 0.283 e. The summed E-state index contributed by atoms with van der Waals surface area (Å²) in [6, 6.07) is 3.87. The quantitative estimate of drug-likeness (QED) is 0.751. The third kappa shape index (κ3) is 2.82. The van der Waals surface area contributed by atoms with Gasteiger partial charge in [-0.25, -0.2) is 4.98 Å². The zero-order chi connectivity index (χ0) is 14.9. The third-order valence-electron chi connectivity index (χ3n) is 3.67. The van der Waals surface area contributed by atoms with Crippen LogP contribution in [0.1, 0.15) is 34.7 Å². The number of nitrogens with zero attached hydrogens (tertiary/aromatic N) is 3. The van der Waals surface area contributed by atoms with Gasteiger partial charge in [-0.15, -0.1) is 21.5 Å². The SMILES string of the molecule is Cc1cnc([C@H](NCc2nnc(-c3ccco3)o2)C2CC2)s1. The van der Waals surface area contributed by atoms with Crippen LogP contribution in [-0.4, -0.2) is 15.2 Å². The minimum atomic E-state index is 0.276. The number of thiazole rings is 1. The standard InChI is InChI=1S/C15H16N4O2S/c1-9-7-17-15(22-9)13(10-4-5-10)16-8-12-18-19-14(21-12)11-3-2-6-20-11/h2-3,6-7,10,13,16H,4-5,8H2,1H3/t13-/m1/s1. The number of aryl methyl sites for hydroxylation is 1. The summed E-state index contributed by atoms with van der Waals surface area (Å²) >= 11 is 1.75. The second-order valence-electron chi connectivity index (χ2n) is 5.48. The molecule has 1 N–H and O–H groups in total. The van der Waals surface area contributed by atoms with Gasteiger partial charge in [-0.2, -0.15) is 0 Å². The van der Waals surface area contributed by atoms with Gasteiger partial charge in [0.2, 0.25) is 5.89 Å². The highest BCUT2D eigenvalue weighted by atomic mass is 32.1. The molecule has 0 unspecified atom stereocenters. The van der Waals surface area contributed by atoms with Crippen LogP contribution >= 0.6 is 11.3 Å². The van der Waals surface area contributed by atoms with Gasteiger partial charge >= 0.3 is 0 Å². The number of aromatic nitrogens is 3. The first-order chi connectivity index (χ1) is 10.8. The third-order valence-corrected chi connectivity index (χ3v) is 4.67. The lowest BCUT2D eigenvalue weighted by Gasteiger charge is -2.14. The summed E-state index contributed by atoms with van der Waals surface area (Å²) in [6.45, 7) is 2.62. The largest absolute Gasteiger partial charge is 0.459 e. The molecule has 3 heterocycles. The van der Waals surface area contributed by atoms with Gasteiger partial charge in [0.1, 0.15) is 5.01 Å². The van der Waals surface area contributed by atoms with Gasteiger partial charge in [0, 0.05) is 11.1 Å². The zero-order valence-corrected chi connectivity index (χ0v) is 13.0. The first-order valence-electron chi connectivity index (χ1n) is 7.31. The zero-order valence-electron chi connectivity index (χ0n) is 12.2. The Hall–Kier alpha value is -1.99. The molecule has 0 radical (unpaired) electrons. The highest BCUT2D eigenvalue weighted by Crippen LogP contribution is 2.42. The molecule has 1 atom stereocenters. The van der Waals surface area contributed by atoms with Crippen LogP contribution < -0.4 is 5.32 Å². The summed E-state index contributed by atoms with van der Waals surface area (Å²) in [5.41, 5.74) is 0. The van der Waals surface area contributed by atoms with Crippen LogP contribution in [0.3, 0.4) is 0 Å². The summed E-state index contributed by atoms with van der Waals surface area (Å²) < 4.78 is 10.9. The fourth-order valence-electron chi connectivity index (χ4n) is 2.42. The van der Waals surface area contributed by atoms with E-state index in [0.717, 1.165) is 5.01 Å². The molecule has 6 nitrogen and oxygen atoms in total. The van der Waals surface area contributed by atoms with E-state index in [0.29, 0.717) is 30.0 Å². The molecule has 0 bridgehead atoms. The molecule has 0 spiro atoms. The minimum absolute atomic E-state index is 0.276. The Morgan fingerprint density at radius 2 is 2.32 bits per heavy atom. The van der Waals surface area contributed by atoms with E-state index in [9.17, 15) is 0 Å². The van der Waals surface area contributed by atoms with E-state index in [1.165, 1.54) is 17.7 Å². The smallest absolute Gasteiger partial charge is 0.283 e. The Bertz CT molecular complexity index is 745. The van der Waals surface area contributed by atoms with Gasteiger partial charge in [-0.3, -0.25) is 5.32 Å². The van der Waals surface area contributed by atoms with Crippen molar-refractivity contribution in [1.29, 1.82) is 0 Å². The van der Waals surface area contributed by atoms with Crippen molar-refractivity contribution in [3.05, 3.63) is 40.4 Å². The molecular weight excluding hydrogens is 300 g/mol. The van der Waals surface area contributed by atoms with Crippen molar-refractivity contribution >= 4 is 11.3 Å². The van der Waals surface area contributed by atoms with Gasteiger partial charge in [-0.05, 0) is 37.8 Å². The van der Waals surface area contributed by atoms with E-state index in [1.54, 1.807) is 29.7 Å². The highest BCUT2D eigenvalue weighted by molar-refractivity contribution is 7.11. The predicted molar refractivity (Wildman–Crippen MR) is 81.2 cm³/mol. The molecule has 7 heteroatoms. The minimum Gasteiger partial charge on any atom is -0.459 e. The summed E-state index contributed by atoms with van der Waals surface area (Å²) in [5.74, 6) is 2.23. The first-order valence-corrected chi connectivity index (χ1v) is 8.13. The van der Waals surface area contributed by atoms with Gasteiger partial charge < -0.3 is 8.83 Å². The number of hydrogen-bond donors (Lipinski definition) is 1. The molecule has 1 aliphatic carbocycles. The normalized spacial score (nSPS) is 16.0. The molecule has 0 aromatic carbocycles. The number of hydrogen-bond acceptors (Lipinski definition) is 7. The second-order valence-corrected chi connectivity index (χ2v) is 6.75. The van der Waals surface area contributed by atoms with Crippen LogP contribution in [0.2, 0.25) is 0 Å². The van der Waals surface area contributed by atoms with E-state index in [4.69, 9.17) is 8.83 Å². The van der Waals surface area contributed by atoms with Crippen molar-refractivity contribution in [2.45, 2.75) is 32.4 Å². The van der Waals surface area contributed by atoms with Crippen LogP contribution in [0.25, 0.3) is 11.7 Å². The Balaban J connectivity index is 1.44. The molecule has 0 saturated heterocycles. The van der Waals surface area contributed by atoms with Gasteiger partial charge in [0.25, 0.3) is 5.89 Å². The van der Waals surface area contributed by atoms with Crippen molar-refractivity contribution in [3.63, 3.8) is 0 Å². The summed E-state index contributed by atoms with van der Waals surface area (Å²) in [4.78, 5) is 5.75. The molecule has 114 valence electrons. The van der Waals surface area contributed by atoms with Gasteiger partial charge in [-0.1, -0.05) is 0 Å². The molecule has 0 amide bonds. The molecule has 3 aromatic heterocycles. The van der Waals surface area contributed by atoms with E-state index in [-0.39, 0.29) is 6.04 Å². The monoisotopic (exact) mass is 316 g/mol. The average molecular weight is 316 g/mol. The fourth-order valence-corrected chi connectivity index (χ4v) is 3.37. The van der Waals surface area contributed by atoms with Crippen LogP contribution in [0.4, 0.5) is 0 Å². The van der Waals surface area contributed by atoms with Crippen LogP contribution in [0, 0.1) is 12.8 Å². The molecule has 3 aromatic rings. The van der Waals surface area contributed by atoms with Crippen LogP contribution in [-0.2, 0) is 6.54 Å². The lowest BCUT2D eigenvalue weighted by atomic mass is 10.2. The van der Waals surface area contributed by atoms with Crippen molar-refractivity contribution in [1.82, 2.24) is 20.5 Å². The Labute approximate surface area is 131 Å². The van der Waals surface area contributed by atoms with Crippen molar-refractivity contribution < 1.29 is 8.83 Å².